The van der Waals surface area contributed by atoms with Crippen LogP contribution in [-0.2, 0) is 40.2 Å². The second-order valence-corrected chi connectivity index (χ2v) is 13.2. The zero-order chi connectivity index (χ0) is 32.4. The van der Waals surface area contributed by atoms with Crippen LogP contribution in [0.5, 0.6) is 5.75 Å². The number of aromatic nitrogens is 1. The molecule has 0 unspecified atom stereocenters. The Balaban J connectivity index is 1.83. The number of amides is 2. The Morgan fingerprint density at radius 3 is 2.30 bits per heavy atom. The Morgan fingerprint density at radius 2 is 1.64 bits per heavy atom. The summed E-state index contributed by atoms with van der Waals surface area (Å²) in [5.41, 5.74) is 0.928. The first-order valence-electron chi connectivity index (χ1n) is 13.8. The number of benzene rings is 1. The van der Waals surface area contributed by atoms with Gasteiger partial charge in [-0.25, -0.2) is 18.0 Å². The number of carbonyl (C=O) groups is 4. The summed E-state index contributed by atoms with van der Waals surface area (Å²) in [6.07, 6.45) is 0. The van der Waals surface area contributed by atoms with Gasteiger partial charge in [0.15, 0.2) is 14.6 Å². The van der Waals surface area contributed by atoms with Crippen LogP contribution in [0.1, 0.15) is 53.3 Å². The van der Waals surface area contributed by atoms with E-state index in [-0.39, 0.29) is 39.0 Å². The minimum Gasteiger partial charge on any atom is -0.494 e. The fourth-order valence-corrected chi connectivity index (χ4v) is 7.32. The van der Waals surface area contributed by atoms with Gasteiger partial charge in [0, 0.05) is 13.2 Å². The summed E-state index contributed by atoms with van der Waals surface area (Å²) >= 11 is 1.96. The molecule has 0 aliphatic rings. The molecule has 1 N–H and O–H groups in total. The van der Waals surface area contributed by atoms with E-state index in [0.29, 0.717) is 32.1 Å². The molecule has 0 atom stereocenters. The summed E-state index contributed by atoms with van der Waals surface area (Å²) in [5.74, 6) is -4.89. The molecule has 0 saturated heterocycles. The maximum atomic E-state index is 12.9. The number of nitrogens with zero attached hydrogens (tertiary/aromatic N) is 2. The number of carbonyl (C=O) groups excluding carboxylic acids is 4. The third-order valence-corrected chi connectivity index (χ3v) is 9.50. The smallest absolute Gasteiger partial charge is 0.348 e. The number of fused-ring (bicyclic) bond motifs is 1. The van der Waals surface area contributed by atoms with Crippen molar-refractivity contribution in [3.05, 3.63) is 39.0 Å². The predicted molar refractivity (Wildman–Crippen MR) is 166 cm³/mol. The third-order valence-electron chi connectivity index (χ3n) is 5.88. The molecule has 0 saturated carbocycles. The zero-order valence-electron chi connectivity index (χ0n) is 25.1. The Hall–Kier alpha value is -3.60. The van der Waals surface area contributed by atoms with Gasteiger partial charge in [0.25, 0.3) is 5.91 Å². The summed E-state index contributed by atoms with van der Waals surface area (Å²) in [5, 5.41) is 2.32. The van der Waals surface area contributed by atoms with Crippen LogP contribution >= 0.6 is 22.7 Å². The molecule has 0 radical (unpaired) electrons. The maximum Gasteiger partial charge on any atom is 0.348 e. The second kappa shape index (κ2) is 15.9. The van der Waals surface area contributed by atoms with Crippen LogP contribution in [0.25, 0.3) is 10.2 Å². The second-order valence-electron chi connectivity index (χ2n) is 9.08. The van der Waals surface area contributed by atoms with Crippen LogP contribution in [0.3, 0.4) is 0 Å². The molecule has 16 heteroatoms. The molecule has 0 spiro atoms. The standard InChI is InChI=1S/C28H35N3O10S3/c1-6-38-13-12-31-19-11-10-18(39-7-2)14-20(19)42-28(31)30-22(33)16-44(36,37)15-21(32)29-25-23(26(34)40-8-3)17(5)24(43-25)27(35)41-9-4/h10-11,14H,6-9,12-13,15-16H2,1-5H3,(H,29,32). The van der Waals surface area contributed by atoms with E-state index in [0.717, 1.165) is 21.6 Å². The average Bonchev–Trinajstić information content (AvgIpc) is 3.44. The van der Waals surface area contributed by atoms with E-state index >= 15 is 0 Å². The third kappa shape index (κ3) is 8.97. The Kier molecular flexibility index (Phi) is 12.6. The Labute approximate surface area is 262 Å². The van der Waals surface area contributed by atoms with Crippen LogP contribution in [-0.4, -0.2) is 81.3 Å². The summed E-state index contributed by atoms with van der Waals surface area (Å²) in [7, 11) is -4.28. The highest BCUT2D eigenvalue weighted by atomic mass is 32.2. The predicted octanol–water partition coefficient (Wildman–Crippen LogP) is 3.34. The molecule has 0 aliphatic heterocycles. The lowest BCUT2D eigenvalue weighted by molar-refractivity contribution is -0.115. The number of rotatable bonds is 15. The number of sulfone groups is 1. The SMILES string of the molecule is CCOCCn1c(=NC(=O)CS(=O)(=O)CC(=O)Nc2sc(C(=O)OCC)c(C)c2C(=O)OCC)sc2cc(OCC)ccc21. The first kappa shape index (κ1) is 34.9. The Bertz CT molecular complexity index is 1700. The minimum atomic E-state index is -4.28. The summed E-state index contributed by atoms with van der Waals surface area (Å²) in [4.78, 5) is 55.0. The van der Waals surface area contributed by atoms with E-state index in [2.05, 4.69) is 10.3 Å². The molecule has 13 nitrogen and oxygen atoms in total. The van der Waals surface area contributed by atoms with Gasteiger partial charge in [0.1, 0.15) is 27.1 Å². The Morgan fingerprint density at radius 1 is 0.932 bits per heavy atom. The van der Waals surface area contributed by atoms with Crippen LogP contribution in [0, 0.1) is 6.92 Å². The van der Waals surface area contributed by atoms with E-state index in [9.17, 15) is 27.6 Å². The zero-order valence-corrected chi connectivity index (χ0v) is 27.5. The quantitative estimate of drug-likeness (QED) is 0.187. The van der Waals surface area contributed by atoms with Gasteiger partial charge in [0.2, 0.25) is 5.91 Å². The van der Waals surface area contributed by atoms with Gasteiger partial charge < -0.3 is 28.8 Å². The lowest BCUT2D eigenvalue weighted by Crippen LogP contribution is -2.28. The topological polar surface area (TPSA) is 169 Å². The van der Waals surface area contributed by atoms with E-state index in [1.165, 1.54) is 18.3 Å². The first-order chi connectivity index (χ1) is 20.9. The molecule has 2 amide bonds. The lowest BCUT2D eigenvalue weighted by atomic mass is 10.1. The molecule has 0 bridgehead atoms. The van der Waals surface area contributed by atoms with Crippen molar-refractivity contribution in [3.63, 3.8) is 0 Å². The number of esters is 2. The molecule has 44 heavy (non-hydrogen) atoms. The van der Waals surface area contributed by atoms with Gasteiger partial charge in [-0.15, -0.1) is 11.3 Å². The fraction of sp³-hybridized carbons (Fsp3) is 0.464. The number of thiophene rings is 1. The molecule has 3 rings (SSSR count). The summed E-state index contributed by atoms with van der Waals surface area (Å²) in [6, 6.07) is 5.44. The molecule has 1 aromatic carbocycles. The van der Waals surface area contributed by atoms with Crippen molar-refractivity contribution in [2.24, 2.45) is 4.99 Å². The average molecular weight is 670 g/mol. The largest absolute Gasteiger partial charge is 0.494 e. The number of hydrogen-bond donors (Lipinski definition) is 1. The molecule has 3 aromatic rings. The number of ether oxygens (including phenoxy) is 4. The summed E-state index contributed by atoms with van der Waals surface area (Å²) in [6.45, 7) is 10.3. The molecular formula is C28H35N3O10S3. The van der Waals surface area contributed by atoms with Crippen molar-refractivity contribution in [1.82, 2.24) is 4.57 Å². The number of thiazole rings is 1. The van der Waals surface area contributed by atoms with Gasteiger partial charge in [0.05, 0.1) is 42.2 Å². The van der Waals surface area contributed by atoms with Crippen LogP contribution in [0.15, 0.2) is 23.2 Å². The highest BCUT2D eigenvalue weighted by Crippen LogP contribution is 2.34. The van der Waals surface area contributed by atoms with E-state index in [4.69, 9.17) is 18.9 Å². The first-order valence-corrected chi connectivity index (χ1v) is 17.3. The van der Waals surface area contributed by atoms with E-state index in [1.54, 1.807) is 24.5 Å². The van der Waals surface area contributed by atoms with Crippen molar-refractivity contribution in [1.29, 1.82) is 0 Å². The number of nitrogens with one attached hydrogen (secondary N) is 1. The molecular weight excluding hydrogens is 635 g/mol. The minimum absolute atomic E-state index is 0.0371. The van der Waals surface area contributed by atoms with Crippen LogP contribution in [0.2, 0.25) is 0 Å². The highest BCUT2D eigenvalue weighted by Gasteiger charge is 2.29. The van der Waals surface area contributed by atoms with Gasteiger partial charge >= 0.3 is 11.9 Å². The van der Waals surface area contributed by atoms with E-state index < -0.39 is 45.1 Å². The van der Waals surface area contributed by atoms with Gasteiger partial charge in [-0.1, -0.05) is 11.3 Å². The fourth-order valence-electron chi connectivity index (χ4n) is 4.09. The van der Waals surface area contributed by atoms with E-state index in [1.807, 2.05) is 26.0 Å². The van der Waals surface area contributed by atoms with Crippen molar-refractivity contribution >= 4 is 71.5 Å². The maximum absolute atomic E-state index is 12.9. The lowest BCUT2D eigenvalue weighted by Gasteiger charge is -2.07. The number of hydrogen-bond acceptors (Lipinski definition) is 12. The monoisotopic (exact) mass is 669 g/mol. The molecule has 2 aromatic heterocycles. The van der Waals surface area contributed by atoms with Crippen molar-refractivity contribution in [3.8, 4) is 5.75 Å². The highest BCUT2D eigenvalue weighted by molar-refractivity contribution is 7.92. The van der Waals surface area contributed by atoms with Gasteiger partial charge in [-0.05, 0) is 58.4 Å². The molecule has 0 aliphatic carbocycles. The van der Waals surface area contributed by atoms with Crippen molar-refractivity contribution in [2.45, 2.75) is 41.2 Å². The van der Waals surface area contributed by atoms with Crippen molar-refractivity contribution in [2.75, 3.05) is 49.9 Å². The van der Waals surface area contributed by atoms with Crippen molar-refractivity contribution < 1.29 is 46.5 Å². The molecule has 0 fully saturated rings. The molecule has 240 valence electrons. The number of anilines is 1. The molecule has 2 heterocycles. The normalized spacial score (nSPS) is 11.9. The summed E-state index contributed by atoms with van der Waals surface area (Å²) < 4.78 is 49.4. The van der Waals surface area contributed by atoms with Gasteiger partial charge in [-0.2, -0.15) is 4.99 Å². The van der Waals surface area contributed by atoms with Gasteiger partial charge in [-0.3, -0.25) is 9.59 Å². The van der Waals surface area contributed by atoms with Crippen LogP contribution in [0.4, 0.5) is 5.00 Å². The van der Waals surface area contributed by atoms with Crippen LogP contribution < -0.4 is 14.9 Å².